The SMILES string of the molecule is CCCCc1ccc(CC(CC(CCC(CC)CC(=O)O)CC(=O)O)C(CC(=O)O)CC(=O)O)cc1. The molecule has 8 nitrogen and oxygen atoms in total. The standard InChI is InChI=1S/C28H42O8/c1-3-5-6-20-8-10-21(11-9-20)13-23(24(17-27(33)34)18-28(35)36)14-22(16-26(31)32)12-7-19(4-2)15-25(29)30/h8-11,19,22-24H,3-7,12-18H2,1-2H3,(H,29,30)(H,31,32)(H,33,34)(H,35,36). The summed E-state index contributed by atoms with van der Waals surface area (Å²) in [6.45, 7) is 4.03. The van der Waals surface area contributed by atoms with Crippen LogP contribution >= 0.6 is 0 Å². The van der Waals surface area contributed by atoms with Crippen LogP contribution in [0.25, 0.3) is 0 Å². The Morgan fingerprint density at radius 2 is 1.14 bits per heavy atom. The molecule has 0 aliphatic rings. The number of rotatable bonds is 20. The average Bonchev–Trinajstić information content (AvgIpc) is 2.79. The van der Waals surface area contributed by atoms with E-state index in [4.69, 9.17) is 5.11 Å². The van der Waals surface area contributed by atoms with Crippen LogP contribution in [-0.4, -0.2) is 44.3 Å². The van der Waals surface area contributed by atoms with E-state index in [1.165, 1.54) is 5.56 Å². The van der Waals surface area contributed by atoms with E-state index in [-0.39, 0.29) is 43.4 Å². The van der Waals surface area contributed by atoms with Gasteiger partial charge in [-0.15, -0.1) is 0 Å². The molecular weight excluding hydrogens is 464 g/mol. The third kappa shape index (κ3) is 13.3. The minimum Gasteiger partial charge on any atom is -0.481 e. The molecule has 8 heteroatoms. The molecule has 0 bridgehead atoms. The molecule has 0 saturated heterocycles. The summed E-state index contributed by atoms with van der Waals surface area (Å²) in [5, 5.41) is 37.6. The van der Waals surface area contributed by atoms with Gasteiger partial charge in [0.1, 0.15) is 0 Å². The van der Waals surface area contributed by atoms with E-state index in [0.717, 1.165) is 24.8 Å². The summed E-state index contributed by atoms with van der Waals surface area (Å²) in [6.07, 6.45) is 4.99. The Bertz CT molecular complexity index is 816. The fourth-order valence-electron chi connectivity index (χ4n) is 4.97. The Morgan fingerprint density at radius 1 is 0.667 bits per heavy atom. The fourth-order valence-corrected chi connectivity index (χ4v) is 4.97. The van der Waals surface area contributed by atoms with E-state index in [2.05, 4.69) is 6.92 Å². The lowest BCUT2D eigenvalue weighted by molar-refractivity contribution is -0.143. The van der Waals surface area contributed by atoms with Crippen LogP contribution in [-0.2, 0) is 32.0 Å². The average molecular weight is 507 g/mol. The third-order valence-electron chi connectivity index (χ3n) is 7.00. The van der Waals surface area contributed by atoms with Crippen LogP contribution < -0.4 is 0 Å². The summed E-state index contributed by atoms with van der Waals surface area (Å²) in [6, 6.07) is 8.06. The van der Waals surface area contributed by atoms with Gasteiger partial charge in [0.15, 0.2) is 0 Å². The van der Waals surface area contributed by atoms with Crippen LogP contribution in [0, 0.1) is 23.7 Å². The van der Waals surface area contributed by atoms with Crippen LogP contribution in [0.15, 0.2) is 24.3 Å². The Labute approximate surface area is 213 Å². The Hall–Kier alpha value is -2.90. The maximum Gasteiger partial charge on any atom is 0.303 e. The van der Waals surface area contributed by atoms with Crippen molar-refractivity contribution in [2.45, 2.75) is 90.9 Å². The van der Waals surface area contributed by atoms with Crippen molar-refractivity contribution in [3.05, 3.63) is 35.4 Å². The summed E-state index contributed by atoms with van der Waals surface area (Å²) in [5.74, 6) is -5.37. The molecule has 0 aromatic heterocycles. The normalized spacial score (nSPS) is 13.8. The maximum atomic E-state index is 11.6. The summed E-state index contributed by atoms with van der Waals surface area (Å²) >= 11 is 0. The Balaban J connectivity index is 3.15. The van der Waals surface area contributed by atoms with E-state index in [1.807, 2.05) is 31.2 Å². The van der Waals surface area contributed by atoms with E-state index < -0.39 is 29.8 Å². The molecule has 3 atom stereocenters. The second kappa shape index (κ2) is 16.7. The molecule has 202 valence electrons. The van der Waals surface area contributed by atoms with Crippen molar-refractivity contribution in [2.75, 3.05) is 0 Å². The van der Waals surface area contributed by atoms with Gasteiger partial charge in [-0.2, -0.15) is 0 Å². The van der Waals surface area contributed by atoms with Crippen LogP contribution in [0.2, 0.25) is 0 Å². The van der Waals surface area contributed by atoms with Gasteiger partial charge in [0, 0.05) is 25.7 Å². The topological polar surface area (TPSA) is 149 Å². The highest BCUT2D eigenvalue weighted by atomic mass is 16.4. The van der Waals surface area contributed by atoms with Gasteiger partial charge in [-0.25, -0.2) is 0 Å². The zero-order valence-corrected chi connectivity index (χ0v) is 21.5. The number of carboxylic acid groups (broad SMARTS) is 4. The highest BCUT2D eigenvalue weighted by Gasteiger charge is 2.30. The molecule has 1 rings (SSSR count). The molecule has 0 amide bonds. The minimum absolute atomic E-state index is 0.0186. The van der Waals surface area contributed by atoms with Crippen molar-refractivity contribution in [1.82, 2.24) is 0 Å². The van der Waals surface area contributed by atoms with Gasteiger partial charge in [0.2, 0.25) is 0 Å². The van der Waals surface area contributed by atoms with Gasteiger partial charge in [-0.05, 0) is 73.3 Å². The zero-order valence-electron chi connectivity index (χ0n) is 21.5. The molecule has 0 fully saturated rings. The van der Waals surface area contributed by atoms with Crippen molar-refractivity contribution < 1.29 is 39.6 Å². The molecular formula is C28H42O8. The van der Waals surface area contributed by atoms with Gasteiger partial charge >= 0.3 is 23.9 Å². The molecule has 0 heterocycles. The molecule has 0 saturated carbocycles. The van der Waals surface area contributed by atoms with Crippen LogP contribution in [0.1, 0.15) is 89.2 Å². The number of aliphatic carboxylic acids is 4. The first-order chi connectivity index (χ1) is 17.0. The molecule has 1 aromatic rings. The number of hydrogen-bond donors (Lipinski definition) is 4. The summed E-state index contributed by atoms with van der Waals surface area (Å²) in [5.41, 5.74) is 2.17. The molecule has 0 aliphatic carbocycles. The van der Waals surface area contributed by atoms with Gasteiger partial charge in [-0.1, -0.05) is 51.0 Å². The number of unbranched alkanes of at least 4 members (excludes halogenated alkanes) is 1. The molecule has 4 N–H and O–H groups in total. The number of benzene rings is 1. The largest absolute Gasteiger partial charge is 0.481 e. The first kappa shape index (κ1) is 31.1. The quantitative estimate of drug-likeness (QED) is 0.181. The molecule has 3 unspecified atom stereocenters. The van der Waals surface area contributed by atoms with Gasteiger partial charge in [0.05, 0.1) is 0 Å². The second-order valence-electron chi connectivity index (χ2n) is 9.99. The highest BCUT2D eigenvalue weighted by Crippen LogP contribution is 2.34. The monoisotopic (exact) mass is 506 g/mol. The lowest BCUT2D eigenvalue weighted by Gasteiger charge is -2.29. The van der Waals surface area contributed by atoms with Gasteiger partial charge in [-0.3, -0.25) is 19.2 Å². The maximum absolute atomic E-state index is 11.6. The first-order valence-corrected chi connectivity index (χ1v) is 13.0. The Kier molecular flexibility index (Phi) is 14.5. The summed E-state index contributed by atoms with van der Waals surface area (Å²) in [7, 11) is 0. The predicted molar refractivity (Wildman–Crippen MR) is 136 cm³/mol. The van der Waals surface area contributed by atoms with Crippen molar-refractivity contribution in [2.24, 2.45) is 23.7 Å². The van der Waals surface area contributed by atoms with E-state index >= 15 is 0 Å². The zero-order chi connectivity index (χ0) is 27.1. The lowest BCUT2D eigenvalue weighted by atomic mass is 9.75. The number of aryl methyl sites for hydroxylation is 1. The molecule has 1 aromatic carbocycles. The Morgan fingerprint density at radius 3 is 1.61 bits per heavy atom. The summed E-state index contributed by atoms with van der Waals surface area (Å²) in [4.78, 5) is 45.9. The number of carbonyl (C=O) groups is 4. The van der Waals surface area contributed by atoms with Crippen LogP contribution in [0.4, 0.5) is 0 Å². The van der Waals surface area contributed by atoms with Crippen LogP contribution in [0.3, 0.4) is 0 Å². The molecule has 0 aliphatic heterocycles. The summed E-state index contributed by atoms with van der Waals surface area (Å²) < 4.78 is 0. The highest BCUT2D eigenvalue weighted by molar-refractivity contribution is 5.71. The van der Waals surface area contributed by atoms with Crippen molar-refractivity contribution in [3.8, 4) is 0 Å². The lowest BCUT2D eigenvalue weighted by Crippen LogP contribution is -2.26. The molecule has 36 heavy (non-hydrogen) atoms. The minimum atomic E-state index is -1.08. The van der Waals surface area contributed by atoms with Crippen molar-refractivity contribution >= 4 is 23.9 Å². The fraction of sp³-hybridized carbons (Fsp3) is 0.643. The predicted octanol–water partition coefficient (Wildman–Crippen LogP) is 5.52. The molecule has 0 spiro atoms. The number of carboxylic acids is 4. The number of hydrogen-bond acceptors (Lipinski definition) is 4. The van der Waals surface area contributed by atoms with Gasteiger partial charge in [0.25, 0.3) is 0 Å². The van der Waals surface area contributed by atoms with Crippen molar-refractivity contribution in [1.29, 1.82) is 0 Å². The van der Waals surface area contributed by atoms with E-state index in [0.29, 0.717) is 32.1 Å². The smallest absolute Gasteiger partial charge is 0.303 e. The second-order valence-corrected chi connectivity index (χ2v) is 9.99. The first-order valence-electron chi connectivity index (χ1n) is 13.0. The van der Waals surface area contributed by atoms with Gasteiger partial charge < -0.3 is 20.4 Å². The van der Waals surface area contributed by atoms with Crippen LogP contribution in [0.5, 0.6) is 0 Å². The molecule has 0 radical (unpaired) electrons. The van der Waals surface area contributed by atoms with E-state index in [1.54, 1.807) is 0 Å². The van der Waals surface area contributed by atoms with Crippen molar-refractivity contribution in [3.63, 3.8) is 0 Å². The van der Waals surface area contributed by atoms with E-state index in [9.17, 15) is 34.5 Å². The third-order valence-corrected chi connectivity index (χ3v) is 7.00.